The largest absolute Gasteiger partial charge is 0.444 e. The van der Waals surface area contributed by atoms with Crippen LogP contribution in [0.4, 0.5) is 4.79 Å². The lowest BCUT2D eigenvalue weighted by molar-refractivity contribution is -0.123. The number of piperidine rings is 2. The number of nitrogens with two attached hydrogens (primary N) is 1. The minimum Gasteiger partial charge on any atom is -0.444 e. The van der Waals surface area contributed by atoms with Crippen LogP contribution in [0.15, 0.2) is 0 Å². The predicted molar refractivity (Wildman–Crippen MR) is 88.9 cm³/mol. The standard InChI is InChI=1S/C17H31N3O3/c1-17(2,3)23-16(22)20-9-6-13(7-10-20)11-19-8-4-5-14(12-19)15(18)21/h13-14H,4-12H2,1-3H3,(H2,18,21). The van der Waals surface area contributed by atoms with Gasteiger partial charge in [-0.3, -0.25) is 4.79 Å². The van der Waals surface area contributed by atoms with Gasteiger partial charge in [0.25, 0.3) is 0 Å². The normalized spacial score (nSPS) is 24.5. The summed E-state index contributed by atoms with van der Waals surface area (Å²) in [5.41, 5.74) is 5.00. The van der Waals surface area contributed by atoms with Crippen LogP contribution in [-0.2, 0) is 9.53 Å². The van der Waals surface area contributed by atoms with Crippen molar-refractivity contribution >= 4 is 12.0 Å². The first kappa shape index (κ1) is 18.0. The molecule has 0 bridgehead atoms. The molecule has 0 aromatic carbocycles. The van der Waals surface area contributed by atoms with Gasteiger partial charge in [0.1, 0.15) is 5.60 Å². The smallest absolute Gasteiger partial charge is 0.410 e. The van der Waals surface area contributed by atoms with E-state index in [4.69, 9.17) is 10.5 Å². The van der Waals surface area contributed by atoms with E-state index >= 15 is 0 Å². The zero-order chi connectivity index (χ0) is 17.0. The van der Waals surface area contributed by atoms with E-state index in [1.807, 2.05) is 25.7 Å². The van der Waals surface area contributed by atoms with Gasteiger partial charge in [0.15, 0.2) is 0 Å². The number of rotatable bonds is 3. The first-order chi connectivity index (χ1) is 10.7. The van der Waals surface area contributed by atoms with Crippen LogP contribution in [0.25, 0.3) is 0 Å². The number of amides is 2. The van der Waals surface area contributed by atoms with Gasteiger partial charge in [0.2, 0.25) is 5.91 Å². The molecule has 2 aliphatic rings. The van der Waals surface area contributed by atoms with Crippen LogP contribution in [0.1, 0.15) is 46.5 Å². The van der Waals surface area contributed by atoms with Crippen molar-refractivity contribution < 1.29 is 14.3 Å². The van der Waals surface area contributed by atoms with Crippen LogP contribution >= 0.6 is 0 Å². The molecule has 132 valence electrons. The van der Waals surface area contributed by atoms with Crippen molar-refractivity contribution in [1.82, 2.24) is 9.80 Å². The zero-order valence-electron chi connectivity index (χ0n) is 14.7. The Kier molecular flexibility index (Phi) is 5.89. The summed E-state index contributed by atoms with van der Waals surface area (Å²) < 4.78 is 5.43. The molecule has 0 aromatic heterocycles. The molecule has 0 aliphatic carbocycles. The van der Waals surface area contributed by atoms with Crippen LogP contribution in [-0.4, -0.2) is 60.1 Å². The zero-order valence-corrected chi connectivity index (χ0v) is 14.7. The summed E-state index contributed by atoms with van der Waals surface area (Å²) in [6.07, 6.45) is 3.75. The van der Waals surface area contributed by atoms with Crippen molar-refractivity contribution in [2.75, 3.05) is 32.7 Å². The van der Waals surface area contributed by atoms with E-state index in [0.29, 0.717) is 5.92 Å². The Morgan fingerprint density at radius 3 is 2.35 bits per heavy atom. The fourth-order valence-corrected chi connectivity index (χ4v) is 3.44. The molecule has 0 spiro atoms. The summed E-state index contributed by atoms with van der Waals surface area (Å²) >= 11 is 0. The Morgan fingerprint density at radius 2 is 1.78 bits per heavy atom. The van der Waals surface area contributed by atoms with Crippen molar-refractivity contribution in [3.8, 4) is 0 Å². The third-order valence-corrected chi connectivity index (χ3v) is 4.69. The molecule has 1 atom stereocenters. The fourth-order valence-electron chi connectivity index (χ4n) is 3.44. The van der Waals surface area contributed by atoms with Crippen LogP contribution in [0, 0.1) is 11.8 Å². The summed E-state index contributed by atoms with van der Waals surface area (Å²) in [6.45, 7) is 10.0. The van der Waals surface area contributed by atoms with Gasteiger partial charge in [0.05, 0.1) is 5.92 Å². The third-order valence-electron chi connectivity index (χ3n) is 4.69. The molecule has 0 saturated carbocycles. The maximum absolute atomic E-state index is 12.1. The van der Waals surface area contributed by atoms with E-state index in [2.05, 4.69) is 4.90 Å². The molecule has 2 heterocycles. The molecule has 2 rings (SSSR count). The minimum absolute atomic E-state index is 0.00519. The highest BCUT2D eigenvalue weighted by atomic mass is 16.6. The van der Waals surface area contributed by atoms with E-state index in [-0.39, 0.29) is 17.9 Å². The maximum Gasteiger partial charge on any atom is 0.410 e. The Morgan fingerprint density at radius 1 is 1.13 bits per heavy atom. The highest BCUT2D eigenvalue weighted by Gasteiger charge is 2.29. The number of likely N-dealkylation sites (tertiary alicyclic amines) is 2. The second-order valence-electron chi connectivity index (χ2n) is 7.91. The molecule has 2 aliphatic heterocycles. The highest BCUT2D eigenvalue weighted by molar-refractivity contribution is 5.76. The number of ether oxygens (including phenoxy) is 1. The lowest BCUT2D eigenvalue weighted by Gasteiger charge is -2.37. The van der Waals surface area contributed by atoms with Gasteiger partial charge in [-0.15, -0.1) is 0 Å². The highest BCUT2D eigenvalue weighted by Crippen LogP contribution is 2.23. The average molecular weight is 325 g/mol. The van der Waals surface area contributed by atoms with Crippen LogP contribution < -0.4 is 5.73 Å². The predicted octanol–water partition coefficient (Wildman–Crippen LogP) is 1.83. The summed E-state index contributed by atoms with van der Waals surface area (Å²) in [5.74, 6) is 0.417. The summed E-state index contributed by atoms with van der Waals surface area (Å²) in [6, 6.07) is 0. The van der Waals surface area contributed by atoms with E-state index in [9.17, 15) is 9.59 Å². The second-order valence-corrected chi connectivity index (χ2v) is 7.91. The van der Waals surface area contributed by atoms with Crippen molar-refractivity contribution in [3.05, 3.63) is 0 Å². The summed E-state index contributed by atoms with van der Waals surface area (Å²) in [7, 11) is 0. The topological polar surface area (TPSA) is 75.9 Å². The fraction of sp³-hybridized carbons (Fsp3) is 0.882. The Balaban J connectivity index is 1.74. The number of carbonyl (C=O) groups excluding carboxylic acids is 2. The van der Waals surface area contributed by atoms with Gasteiger partial charge in [-0.2, -0.15) is 0 Å². The van der Waals surface area contributed by atoms with E-state index in [0.717, 1.165) is 58.4 Å². The van der Waals surface area contributed by atoms with E-state index < -0.39 is 5.60 Å². The maximum atomic E-state index is 12.1. The molecule has 6 nitrogen and oxygen atoms in total. The van der Waals surface area contributed by atoms with Gasteiger partial charge in [0, 0.05) is 26.2 Å². The first-order valence-electron chi connectivity index (χ1n) is 8.74. The van der Waals surface area contributed by atoms with Gasteiger partial charge >= 0.3 is 6.09 Å². The molecule has 0 radical (unpaired) electrons. The van der Waals surface area contributed by atoms with Crippen LogP contribution in [0.2, 0.25) is 0 Å². The van der Waals surface area contributed by atoms with Crippen LogP contribution in [0.3, 0.4) is 0 Å². The molecule has 6 heteroatoms. The van der Waals surface area contributed by atoms with E-state index in [1.54, 1.807) is 0 Å². The Labute approximate surface area is 139 Å². The SMILES string of the molecule is CC(C)(C)OC(=O)N1CCC(CN2CCCC(C(N)=O)C2)CC1. The quantitative estimate of drug-likeness (QED) is 0.859. The lowest BCUT2D eigenvalue weighted by Crippen LogP contribution is -2.46. The van der Waals surface area contributed by atoms with Gasteiger partial charge in [-0.25, -0.2) is 4.79 Å². The summed E-state index contributed by atoms with van der Waals surface area (Å²) in [5, 5.41) is 0. The molecule has 2 saturated heterocycles. The number of hydrogen-bond donors (Lipinski definition) is 1. The number of carbonyl (C=O) groups is 2. The molecule has 1 unspecified atom stereocenters. The molecule has 2 fully saturated rings. The van der Waals surface area contributed by atoms with Crippen molar-refractivity contribution in [1.29, 1.82) is 0 Å². The van der Waals surface area contributed by atoms with Gasteiger partial charge in [-0.05, 0) is 58.9 Å². The van der Waals surface area contributed by atoms with Crippen LogP contribution in [0.5, 0.6) is 0 Å². The molecule has 2 N–H and O–H groups in total. The number of nitrogens with zero attached hydrogens (tertiary/aromatic N) is 2. The Hall–Kier alpha value is -1.30. The molecular formula is C17H31N3O3. The third kappa shape index (κ3) is 5.68. The van der Waals surface area contributed by atoms with Crippen molar-refractivity contribution in [2.24, 2.45) is 17.6 Å². The lowest BCUT2D eigenvalue weighted by atomic mass is 9.93. The minimum atomic E-state index is -0.439. The molecule has 0 aromatic rings. The van der Waals surface area contributed by atoms with Gasteiger partial charge in [-0.1, -0.05) is 0 Å². The number of hydrogen-bond acceptors (Lipinski definition) is 4. The Bertz CT molecular complexity index is 425. The van der Waals surface area contributed by atoms with E-state index in [1.165, 1.54) is 0 Å². The molecular weight excluding hydrogens is 294 g/mol. The molecule has 2 amide bonds. The van der Waals surface area contributed by atoms with Gasteiger partial charge < -0.3 is 20.3 Å². The van der Waals surface area contributed by atoms with Crippen molar-refractivity contribution in [2.45, 2.75) is 52.1 Å². The summed E-state index contributed by atoms with van der Waals surface area (Å²) in [4.78, 5) is 27.6. The average Bonchev–Trinajstić information content (AvgIpc) is 2.46. The first-order valence-corrected chi connectivity index (χ1v) is 8.74. The number of primary amides is 1. The monoisotopic (exact) mass is 325 g/mol. The molecule has 23 heavy (non-hydrogen) atoms. The van der Waals surface area contributed by atoms with Crippen molar-refractivity contribution in [3.63, 3.8) is 0 Å². The second kappa shape index (κ2) is 7.51.